The first-order valence-electron chi connectivity index (χ1n) is 8.40. The summed E-state index contributed by atoms with van der Waals surface area (Å²) in [6.07, 6.45) is 3.13. The molecule has 9 heteroatoms. The van der Waals surface area contributed by atoms with E-state index in [9.17, 15) is 13.6 Å². The van der Waals surface area contributed by atoms with E-state index in [0.717, 1.165) is 18.9 Å². The first-order chi connectivity index (χ1) is 12.4. The highest BCUT2D eigenvalue weighted by Crippen LogP contribution is 2.37. The molecule has 0 aliphatic heterocycles. The molecule has 2 aromatic rings. The van der Waals surface area contributed by atoms with Crippen molar-refractivity contribution in [3.8, 4) is 0 Å². The molecule has 1 fully saturated rings. The third-order valence-electron chi connectivity index (χ3n) is 4.34. The summed E-state index contributed by atoms with van der Waals surface area (Å²) in [4.78, 5) is 18.7. The number of carbonyl (C=O) groups is 1. The molecule has 1 aromatic carbocycles. The monoisotopic (exact) mass is 365 g/mol. The Morgan fingerprint density at radius 3 is 2.69 bits per heavy atom. The number of hydrogen-bond acceptors (Lipinski definition) is 5. The van der Waals surface area contributed by atoms with E-state index in [2.05, 4.69) is 20.8 Å². The lowest BCUT2D eigenvalue weighted by atomic mass is 9.97. The van der Waals surface area contributed by atoms with Gasteiger partial charge in [-0.2, -0.15) is 4.98 Å². The number of hydrogen-bond donors (Lipinski definition) is 2. The molecule has 1 aliphatic carbocycles. The van der Waals surface area contributed by atoms with Crippen LogP contribution in [0.1, 0.15) is 37.4 Å². The van der Waals surface area contributed by atoms with Crippen LogP contribution in [0, 0.1) is 11.6 Å². The molecule has 1 aliphatic rings. The summed E-state index contributed by atoms with van der Waals surface area (Å²) in [5.74, 6) is -0.668. The predicted octanol–water partition coefficient (Wildman–Crippen LogP) is 3.00. The molecule has 0 spiro atoms. The highest BCUT2D eigenvalue weighted by atomic mass is 19.1. The van der Waals surface area contributed by atoms with Crippen molar-refractivity contribution in [3.05, 3.63) is 41.5 Å². The molecular weight excluding hydrogens is 344 g/mol. The predicted molar refractivity (Wildman–Crippen MR) is 90.3 cm³/mol. The number of aromatic nitrogens is 2. The normalized spacial score (nSPS) is 16.0. The smallest absolute Gasteiger partial charge is 0.320 e. The Hall–Kier alpha value is -2.55. The van der Waals surface area contributed by atoms with Crippen molar-refractivity contribution in [1.29, 1.82) is 0 Å². The van der Waals surface area contributed by atoms with Gasteiger partial charge in [0.05, 0.1) is 12.2 Å². The first kappa shape index (κ1) is 18.2. The highest BCUT2D eigenvalue weighted by Gasteiger charge is 2.41. The van der Waals surface area contributed by atoms with Crippen molar-refractivity contribution in [2.24, 2.45) is 0 Å². The topological polar surface area (TPSA) is 83.3 Å². The van der Waals surface area contributed by atoms with Gasteiger partial charge in [0, 0.05) is 6.07 Å². The summed E-state index contributed by atoms with van der Waals surface area (Å²) in [5.41, 5.74) is -0.854. The number of benzene rings is 1. The molecule has 1 heterocycles. The molecule has 3 rings (SSSR count). The van der Waals surface area contributed by atoms with Gasteiger partial charge in [-0.1, -0.05) is 18.0 Å². The van der Waals surface area contributed by atoms with Crippen LogP contribution in [0.5, 0.6) is 0 Å². The summed E-state index contributed by atoms with van der Waals surface area (Å²) >= 11 is 0. The lowest BCUT2D eigenvalue weighted by Crippen LogP contribution is -2.46. The first-order valence-corrected chi connectivity index (χ1v) is 8.40. The zero-order valence-corrected chi connectivity index (χ0v) is 14.7. The summed E-state index contributed by atoms with van der Waals surface area (Å²) in [6.45, 7) is 0.496. The quantitative estimate of drug-likeness (QED) is 0.851. The third-order valence-corrected chi connectivity index (χ3v) is 4.34. The summed E-state index contributed by atoms with van der Waals surface area (Å²) in [7, 11) is 3.77. The molecule has 140 valence electrons. The second-order valence-electron chi connectivity index (χ2n) is 6.74. The average Bonchev–Trinajstić information content (AvgIpc) is 3.20. The molecular formula is C17H21F2N5O2. The van der Waals surface area contributed by atoms with Crippen LogP contribution in [0.15, 0.2) is 22.7 Å². The fourth-order valence-electron chi connectivity index (χ4n) is 3.13. The molecule has 0 unspecified atom stereocenters. The van der Waals surface area contributed by atoms with Gasteiger partial charge in [0.25, 0.3) is 0 Å². The Labute approximate surface area is 149 Å². The summed E-state index contributed by atoms with van der Waals surface area (Å²) in [5, 5.41) is 9.30. The SMILES string of the molecule is CN(C)Cc1nc(C2(NC(=O)Nc3ccc(F)cc3F)CCCC2)no1. The van der Waals surface area contributed by atoms with Crippen molar-refractivity contribution in [2.45, 2.75) is 37.8 Å². The van der Waals surface area contributed by atoms with Crippen LogP contribution in [0.3, 0.4) is 0 Å². The van der Waals surface area contributed by atoms with Gasteiger partial charge in [-0.25, -0.2) is 13.6 Å². The van der Waals surface area contributed by atoms with Gasteiger partial charge in [-0.15, -0.1) is 0 Å². The lowest BCUT2D eigenvalue weighted by molar-refractivity contribution is 0.232. The molecule has 0 radical (unpaired) electrons. The lowest BCUT2D eigenvalue weighted by Gasteiger charge is -2.26. The number of anilines is 1. The van der Waals surface area contributed by atoms with Gasteiger partial charge < -0.3 is 20.1 Å². The van der Waals surface area contributed by atoms with E-state index in [0.29, 0.717) is 37.2 Å². The van der Waals surface area contributed by atoms with E-state index < -0.39 is 23.2 Å². The minimum absolute atomic E-state index is 0.0987. The van der Waals surface area contributed by atoms with Gasteiger partial charge >= 0.3 is 6.03 Å². The van der Waals surface area contributed by atoms with Crippen molar-refractivity contribution in [1.82, 2.24) is 20.4 Å². The van der Waals surface area contributed by atoms with Crippen molar-refractivity contribution in [2.75, 3.05) is 19.4 Å². The highest BCUT2D eigenvalue weighted by molar-refractivity contribution is 5.90. The van der Waals surface area contributed by atoms with Gasteiger partial charge in [-0.3, -0.25) is 0 Å². The fourth-order valence-corrected chi connectivity index (χ4v) is 3.13. The van der Waals surface area contributed by atoms with Crippen LogP contribution < -0.4 is 10.6 Å². The molecule has 2 N–H and O–H groups in total. The molecule has 0 saturated heterocycles. The molecule has 0 atom stereocenters. The number of halogens is 2. The van der Waals surface area contributed by atoms with Crippen LogP contribution in [0.4, 0.5) is 19.3 Å². The number of nitrogens with zero attached hydrogens (tertiary/aromatic N) is 3. The Morgan fingerprint density at radius 2 is 2.04 bits per heavy atom. The van der Waals surface area contributed by atoms with Gasteiger partial charge in [0.2, 0.25) is 5.89 Å². The average molecular weight is 365 g/mol. The Kier molecular flexibility index (Phi) is 5.17. The van der Waals surface area contributed by atoms with Gasteiger partial charge in [-0.05, 0) is 39.1 Å². The van der Waals surface area contributed by atoms with Crippen LogP contribution >= 0.6 is 0 Å². The maximum Gasteiger partial charge on any atom is 0.320 e. The van der Waals surface area contributed by atoms with Crippen LogP contribution in [0.2, 0.25) is 0 Å². The minimum atomic E-state index is -0.839. The zero-order chi connectivity index (χ0) is 18.7. The standard InChI is InChI=1S/C17H21F2N5O2/c1-24(2)10-14-21-15(23-26-14)17(7-3-4-8-17)22-16(25)20-13-6-5-11(18)9-12(13)19/h5-6,9H,3-4,7-8,10H2,1-2H3,(H2,20,22,25). The number of nitrogens with one attached hydrogen (secondary N) is 2. The third kappa shape index (κ3) is 3.98. The van der Waals surface area contributed by atoms with Crippen LogP contribution in [0.25, 0.3) is 0 Å². The van der Waals surface area contributed by atoms with E-state index in [1.54, 1.807) is 0 Å². The van der Waals surface area contributed by atoms with Gasteiger partial charge in [0.1, 0.15) is 17.2 Å². The molecule has 7 nitrogen and oxygen atoms in total. The molecule has 2 amide bonds. The van der Waals surface area contributed by atoms with Crippen molar-refractivity contribution in [3.63, 3.8) is 0 Å². The van der Waals surface area contributed by atoms with Gasteiger partial charge in [0.15, 0.2) is 5.82 Å². The number of amides is 2. The molecule has 0 bridgehead atoms. The van der Waals surface area contributed by atoms with Crippen molar-refractivity contribution < 1.29 is 18.1 Å². The number of rotatable bonds is 5. The fraction of sp³-hybridized carbons (Fsp3) is 0.471. The Morgan fingerprint density at radius 1 is 1.31 bits per heavy atom. The van der Waals surface area contributed by atoms with E-state index in [-0.39, 0.29) is 5.69 Å². The number of carbonyl (C=O) groups excluding carboxylic acids is 1. The summed E-state index contributed by atoms with van der Waals surface area (Å²) < 4.78 is 32.0. The molecule has 1 saturated carbocycles. The Balaban J connectivity index is 1.75. The second kappa shape index (κ2) is 7.36. The molecule has 1 aromatic heterocycles. The van der Waals surface area contributed by atoms with E-state index in [1.807, 2.05) is 19.0 Å². The minimum Gasteiger partial charge on any atom is -0.338 e. The zero-order valence-electron chi connectivity index (χ0n) is 14.7. The van der Waals surface area contributed by atoms with E-state index in [1.165, 1.54) is 6.07 Å². The van der Waals surface area contributed by atoms with Crippen molar-refractivity contribution >= 4 is 11.7 Å². The second-order valence-corrected chi connectivity index (χ2v) is 6.74. The van der Waals surface area contributed by atoms with E-state index in [4.69, 9.17) is 4.52 Å². The van der Waals surface area contributed by atoms with Crippen LogP contribution in [-0.2, 0) is 12.1 Å². The number of urea groups is 1. The van der Waals surface area contributed by atoms with E-state index >= 15 is 0 Å². The molecule has 26 heavy (non-hydrogen) atoms. The Bertz CT molecular complexity index is 787. The summed E-state index contributed by atoms with van der Waals surface area (Å²) in [6, 6.07) is 2.37. The van der Waals surface area contributed by atoms with Crippen LogP contribution in [-0.4, -0.2) is 35.2 Å². The maximum atomic E-state index is 13.7. The largest absolute Gasteiger partial charge is 0.338 e. The maximum absolute atomic E-state index is 13.7.